The number of piperidine rings is 1. The van der Waals surface area contributed by atoms with Gasteiger partial charge in [-0.2, -0.15) is 5.10 Å². The molecule has 3 aromatic rings. The first-order valence-electron chi connectivity index (χ1n) is 12.4. The van der Waals surface area contributed by atoms with E-state index in [0.717, 1.165) is 10.6 Å². The third-order valence-electron chi connectivity index (χ3n) is 6.93. The number of likely N-dealkylation sites (tertiary alicyclic amines) is 1. The summed E-state index contributed by atoms with van der Waals surface area (Å²) in [7, 11) is 0. The van der Waals surface area contributed by atoms with Crippen molar-refractivity contribution in [2.24, 2.45) is 5.16 Å². The highest BCUT2D eigenvalue weighted by Gasteiger charge is 2.31. The number of benzene rings is 1. The molecule has 13 heteroatoms. The Morgan fingerprint density at radius 2 is 1.87 bits per heavy atom. The molecule has 5 rings (SSSR count). The number of hydrogen-bond donors (Lipinski definition) is 0. The summed E-state index contributed by atoms with van der Waals surface area (Å²) in [5, 5.41) is 10.5. The lowest BCUT2D eigenvalue weighted by Crippen LogP contribution is -2.40. The lowest BCUT2D eigenvalue weighted by molar-refractivity contribution is -0.133. The van der Waals surface area contributed by atoms with E-state index in [4.69, 9.17) is 9.82 Å². The maximum absolute atomic E-state index is 13.2. The van der Waals surface area contributed by atoms with Gasteiger partial charge in [0.25, 0.3) is 12.9 Å². The topological polar surface area (TPSA) is 89.7 Å². The number of carbonyl (C=O) groups excluding carboxylic acids is 2. The second-order valence-corrected chi connectivity index (χ2v) is 10.3. The van der Waals surface area contributed by atoms with E-state index in [1.54, 1.807) is 6.07 Å². The molecule has 1 fully saturated rings. The summed E-state index contributed by atoms with van der Waals surface area (Å²) >= 11 is 1.50. The van der Waals surface area contributed by atoms with Crippen LogP contribution in [0.4, 0.5) is 17.6 Å². The van der Waals surface area contributed by atoms with Crippen LogP contribution in [0.3, 0.4) is 0 Å². The Labute approximate surface area is 225 Å². The Hall–Kier alpha value is -3.61. The van der Waals surface area contributed by atoms with Crippen molar-refractivity contribution in [2.75, 3.05) is 13.1 Å². The number of carbonyl (C=O) groups is 2. The average molecular weight is 564 g/mol. The Balaban J connectivity index is 1.18. The molecule has 0 saturated carbocycles. The highest BCUT2D eigenvalue weighted by molar-refractivity contribution is 7.10. The van der Waals surface area contributed by atoms with Gasteiger partial charge in [0.2, 0.25) is 5.91 Å². The fourth-order valence-corrected chi connectivity index (χ4v) is 5.87. The summed E-state index contributed by atoms with van der Waals surface area (Å²) in [6, 6.07) is 7.93. The van der Waals surface area contributed by atoms with E-state index < -0.39 is 36.7 Å². The SMILES string of the molecule is CC(=O)c1ccccc1C1CC(c2csc(C3CCN(C(=O)Cn4nc(C(F)F)cc4C(F)F)CC3)n2)=NO1. The number of ketones is 1. The lowest BCUT2D eigenvalue weighted by atomic mass is 9.96. The highest BCUT2D eigenvalue weighted by Crippen LogP contribution is 2.35. The van der Waals surface area contributed by atoms with E-state index >= 15 is 0 Å². The van der Waals surface area contributed by atoms with Gasteiger partial charge in [0.1, 0.15) is 23.6 Å². The zero-order valence-electron chi connectivity index (χ0n) is 20.9. The molecule has 1 unspecified atom stereocenters. The van der Waals surface area contributed by atoms with Crippen LogP contribution < -0.4 is 0 Å². The van der Waals surface area contributed by atoms with Gasteiger partial charge in [-0.15, -0.1) is 11.3 Å². The molecule has 8 nitrogen and oxygen atoms in total. The number of oxime groups is 1. The summed E-state index contributed by atoms with van der Waals surface area (Å²) in [5.41, 5.74) is 1.33. The van der Waals surface area contributed by atoms with Crippen molar-refractivity contribution < 1.29 is 32.0 Å². The van der Waals surface area contributed by atoms with Gasteiger partial charge in [-0.1, -0.05) is 29.4 Å². The molecule has 2 aliphatic rings. The summed E-state index contributed by atoms with van der Waals surface area (Å²) in [4.78, 5) is 36.6. The van der Waals surface area contributed by atoms with Crippen LogP contribution in [0.1, 0.15) is 89.1 Å². The molecule has 1 saturated heterocycles. The molecule has 0 N–H and O–H groups in total. The van der Waals surface area contributed by atoms with Gasteiger partial charge in [0.15, 0.2) is 11.9 Å². The molecule has 206 valence electrons. The number of aromatic nitrogens is 3. The minimum atomic E-state index is -3.02. The second kappa shape index (κ2) is 11.2. The predicted molar refractivity (Wildman–Crippen MR) is 134 cm³/mol. The van der Waals surface area contributed by atoms with Crippen molar-refractivity contribution in [2.45, 2.75) is 57.6 Å². The molecule has 0 bridgehead atoms. The van der Waals surface area contributed by atoms with Crippen molar-refractivity contribution >= 4 is 28.7 Å². The predicted octanol–water partition coefficient (Wildman–Crippen LogP) is 5.69. The molecule has 1 aromatic carbocycles. The fourth-order valence-electron chi connectivity index (χ4n) is 4.87. The van der Waals surface area contributed by atoms with Gasteiger partial charge < -0.3 is 9.74 Å². The molecule has 2 aliphatic heterocycles. The van der Waals surface area contributed by atoms with E-state index in [1.807, 2.05) is 23.6 Å². The zero-order valence-corrected chi connectivity index (χ0v) is 21.7. The van der Waals surface area contributed by atoms with Crippen LogP contribution in [0, 0.1) is 0 Å². The van der Waals surface area contributed by atoms with E-state index in [0.29, 0.717) is 60.1 Å². The number of thiazole rings is 1. The first kappa shape index (κ1) is 27.0. The first-order valence-corrected chi connectivity index (χ1v) is 13.3. The third-order valence-corrected chi connectivity index (χ3v) is 7.94. The second-order valence-electron chi connectivity index (χ2n) is 9.46. The minimum absolute atomic E-state index is 0.0413. The Morgan fingerprint density at radius 1 is 1.13 bits per heavy atom. The zero-order chi connectivity index (χ0) is 27.7. The molecule has 0 radical (unpaired) electrons. The largest absolute Gasteiger partial charge is 0.387 e. The molecule has 0 aliphatic carbocycles. The van der Waals surface area contributed by atoms with Crippen LogP contribution in [-0.2, 0) is 16.2 Å². The van der Waals surface area contributed by atoms with Crippen molar-refractivity contribution in [3.8, 4) is 0 Å². The number of alkyl halides is 4. The summed E-state index contributed by atoms with van der Waals surface area (Å²) in [5.74, 6) is -0.384. The van der Waals surface area contributed by atoms with E-state index in [9.17, 15) is 27.2 Å². The summed E-state index contributed by atoms with van der Waals surface area (Å²) in [6.45, 7) is 1.77. The standard InChI is InChI=1S/C26H25F4N5O3S/c1-14(36)16-4-2-3-5-17(16)22-11-18(33-38-22)20-13-39-26(31-20)15-6-8-34(9-7-15)23(37)12-35-21(25(29)30)10-19(32-35)24(27)28/h2-5,10,13,15,22,24-25H,6-9,11-12H2,1H3. The third kappa shape index (κ3) is 5.72. The van der Waals surface area contributed by atoms with E-state index in [2.05, 4.69) is 10.3 Å². The van der Waals surface area contributed by atoms with Gasteiger partial charge in [-0.05, 0) is 25.8 Å². The highest BCUT2D eigenvalue weighted by atomic mass is 32.1. The molecule has 1 atom stereocenters. The number of halogens is 4. The monoisotopic (exact) mass is 563 g/mol. The maximum Gasteiger partial charge on any atom is 0.282 e. The molecule has 1 amide bonds. The Morgan fingerprint density at radius 3 is 2.56 bits per heavy atom. The number of amides is 1. The van der Waals surface area contributed by atoms with Crippen LogP contribution >= 0.6 is 11.3 Å². The van der Waals surface area contributed by atoms with Gasteiger partial charge in [0.05, 0.1) is 10.7 Å². The average Bonchev–Trinajstić information content (AvgIpc) is 3.68. The van der Waals surface area contributed by atoms with Crippen molar-refractivity contribution in [3.63, 3.8) is 0 Å². The molecule has 4 heterocycles. The summed E-state index contributed by atoms with van der Waals surface area (Å²) < 4.78 is 53.0. The number of rotatable bonds is 8. The molecule has 39 heavy (non-hydrogen) atoms. The van der Waals surface area contributed by atoms with Crippen LogP contribution in [0.2, 0.25) is 0 Å². The van der Waals surface area contributed by atoms with Gasteiger partial charge in [-0.3, -0.25) is 14.3 Å². The molecule has 2 aromatic heterocycles. The van der Waals surface area contributed by atoms with Gasteiger partial charge >= 0.3 is 0 Å². The quantitative estimate of drug-likeness (QED) is 0.260. The van der Waals surface area contributed by atoms with Crippen LogP contribution in [0.5, 0.6) is 0 Å². The van der Waals surface area contributed by atoms with Crippen molar-refractivity contribution in [1.82, 2.24) is 19.7 Å². The van der Waals surface area contributed by atoms with Crippen molar-refractivity contribution in [3.05, 3.63) is 68.9 Å². The Kier molecular flexibility index (Phi) is 7.78. The lowest BCUT2D eigenvalue weighted by Gasteiger charge is -2.31. The van der Waals surface area contributed by atoms with E-state index in [1.165, 1.54) is 23.2 Å². The maximum atomic E-state index is 13.2. The van der Waals surface area contributed by atoms with Crippen LogP contribution in [-0.4, -0.2) is 50.2 Å². The number of nitrogens with zero attached hydrogens (tertiary/aromatic N) is 5. The van der Waals surface area contributed by atoms with Crippen LogP contribution in [0.25, 0.3) is 0 Å². The normalized spacial score (nSPS) is 18.1. The molecule has 0 spiro atoms. The Bertz CT molecular complexity index is 1400. The first-order chi connectivity index (χ1) is 18.7. The van der Waals surface area contributed by atoms with E-state index in [-0.39, 0.29) is 17.8 Å². The van der Waals surface area contributed by atoms with Gasteiger partial charge in [-0.25, -0.2) is 22.5 Å². The molecular formula is C26H25F4N5O3S. The smallest absolute Gasteiger partial charge is 0.282 e. The minimum Gasteiger partial charge on any atom is -0.387 e. The van der Waals surface area contributed by atoms with Gasteiger partial charge in [0, 0.05) is 41.9 Å². The summed E-state index contributed by atoms with van der Waals surface area (Å²) in [6.07, 6.45) is -4.64. The fraction of sp³-hybridized carbons (Fsp3) is 0.423. The van der Waals surface area contributed by atoms with Crippen molar-refractivity contribution in [1.29, 1.82) is 0 Å². The molecular weight excluding hydrogens is 538 g/mol. The van der Waals surface area contributed by atoms with Crippen LogP contribution in [0.15, 0.2) is 40.9 Å². The number of Topliss-reactive ketones (excluding diaryl/α,β-unsaturated/α-hetero) is 1. The number of hydrogen-bond acceptors (Lipinski definition) is 7.